The van der Waals surface area contributed by atoms with E-state index in [2.05, 4.69) is 15.5 Å². The van der Waals surface area contributed by atoms with Gasteiger partial charge < -0.3 is 5.32 Å². The van der Waals surface area contributed by atoms with Gasteiger partial charge in [-0.1, -0.05) is 6.07 Å². The molecule has 1 aromatic heterocycles. The highest BCUT2D eigenvalue weighted by molar-refractivity contribution is 7.99. The second-order valence-corrected chi connectivity index (χ2v) is 5.37. The molecular weight excluding hydrogens is 279 g/mol. The van der Waals surface area contributed by atoms with Gasteiger partial charge in [0.25, 0.3) is 0 Å². The number of halogens is 1. The number of benzene rings is 1. The molecule has 2 aromatic rings. The third-order valence-corrected chi connectivity index (χ3v) is 4.17. The first kappa shape index (κ1) is 14.8. The van der Waals surface area contributed by atoms with Crippen molar-refractivity contribution in [3.8, 4) is 0 Å². The van der Waals surface area contributed by atoms with Crippen LogP contribution in [-0.2, 0) is 6.54 Å². The summed E-state index contributed by atoms with van der Waals surface area (Å²) in [5, 5.41) is 9.80. The topological polar surface area (TPSA) is 62.7 Å². The summed E-state index contributed by atoms with van der Waals surface area (Å²) >= 11 is 1.14. The van der Waals surface area contributed by atoms with Crippen LogP contribution in [0.1, 0.15) is 25.5 Å². The molecule has 7 heteroatoms. The highest BCUT2D eigenvalue weighted by Crippen LogP contribution is 2.29. The average Bonchev–Trinajstić information content (AvgIpc) is 2.80. The molecule has 1 heterocycles. The van der Waals surface area contributed by atoms with Crippen molar-refractivity contribution in [1.29, 1.82) is 0 Å². The van der Waals surface area contributed by atoms with Crippen molar-refractivity contribution >= 4 is 11.8 Å². The molecule has 1 atom stereocenters. The highest BCUT2D eigenvalue weighted by atomic mass is 32.2. The monoisotopic (exact) mass is 296 g/mol. The number of nitrogens with zero attached hydrogens (tertiary/aromatic N) is 2. The summed E-state index contributed by atoms with van der Waals surface area (Å²) in [6.45, 7) is 4.30. The largest absolute Gasteiger partial charge is 0.343 e. The van der Waals surface area contributed by atoms with Crippen LogP contribution in [0.3, 0.4) is 0 Å². The van der Waals surface area contributed by atoms with Crippen LogP contribution in [0.5, 0.6) is 0 Å². The van der Waals surface area contributed by atoms with Gasteiger partial charge in [-0.2, -0.15) is 0 Å². The molecule has 0 aliphatic rings. The van der Waals surface area contributed by atoms with Crippen molar-refractivity contribution < 1.29 is 4.39 Å². The molecule has 0 amide bonds. The molecule has 1 aromatic carbocycles. The lowest BCUT2D eigenvalue weighted by Gasteiger charge is -2.11. The Labute approximate surface area is 120 Å². The van der Waals surface area contributed by atoms with Gasteiger partial charge in [0.2, 0.25) is 0 Å². The van der Waals surface area contributed by atoms with Crippen LogP contribution in [0, 0.1) is 5.82 Å². The summed E-state index contributed by atoms with van der Waals surface area (Å²) in [6, 6.07) is 5.17. The Hall–Kier alpha value is -1.60. The lowest BCUT2D eigenvalue weighted by atomic mass is 10.1. The van der Waals surface area contributed by atoms with E-state index in [0.717, 1.165) is 17.3 Å². The van der Waals surface area contributed by atoms with Gasteiger partial charge in [0, 0.05) is 12.6 Å². The van der Waals surface area contributed by atoms with Gasteiger partial charge in [0.05, 0.1) is 4.90 Å². The van der Waals surface area contributed by atoms with Gasteiger partial charge in [-0.25, -0.2) is 14.3 Å². The first-order valence-corrected chi connectivity index (χ1v) is 7.18. The third-order valence-electron chi connectivity index (χ3n) is 3.13. The lowest BCUT2D eigenvalue weighted by molar-refractivity contribution is 0.586. The van der Waals surface area contributed by atoms with E-state index in [1.54, 1.807) is 6.07 Å². The van der Waals surface area contributed by atoms with Crippen LogP contribution in [-0.4, -0.2) is 21.8 Å². The van der Waals surface area contributed by atoms with E-state index in [4.69, 9.17) is 0 Å². The fourth-order valence-electron chi connectivity index (χ4n) is 1.79. The number of H-pyrrole nitrogens is 1. The van der Waals surface area contributed by atoms with Gasteiger partial charge in [0.15, 0.2) is 5.16 Å². The van der Waals surface area contributed by atoms with E-state index in [1.807, 2.05) is 27.0 Å². The van der Waals surface area contributed by atoms with Crippen molar-refractivity contribution in [3.63, 3.8) is 0 Å². The number of hydrogen-bond donors (Lipinski definition) is 2. The summed E-state index contributed by atoms with van der Waals surface area (Å²) in [7, 11) is 1.83. The maximum Gasteiger partial charge on any atom is 0.343 e. The zero-order valence-electron chi connectivity index (χ0n) is 11.6. The normalized spacial score (nSPS) is 12.6. The fourth-order valence-corrected chi connectivity index (χ4v) is 2.70. The van der Waals surface area contributed by atoms with E-state index in [-0.39, 0.29) is 17.5 Å². The van der Waals surface area contributed by atoms with Crippen LogP contribution < -0.4 is 11.0 Å². The minimum atomic E-state index is -0.312. The van der Waals surface area contributed by atoms with E-state index in [0.29, 0.717) is 16.6 Å². The summed E-state index contributed by atoms with van der Waals surface area (Å²) in [5.74, 6) is -0.312. The minimum Gasteiger partial charge on any atom is -0.313 e. The first-order chi connectivity index (χ1) is 9.56. The summed E-state index contributed by atoms with van der Waals surface area (Å²) < 4.78 is 15.6. The highest BCUT2D eigenvalue weighted by Gasteiger charge is 2.13. The van der Waals surface area contributed by atoms with Gasteiger partial charge in [-0.05, 0) is 50.4 Å². The lowest BCUT2D eigenvalue weighted by Crippen LogP contribution is -2.16. The molecule has 0 radical (unpaired) electrons. The molecule has 0 aliphatic heterocycles. The van der Waals surface area contributed by atoms with Crippen LogP contribution >= 0.6 is 11.8 Å². The average molecular weight is 296 g/mol. The van der Waals surface area contributed by atoms with Crippen molar-refractivity contribution in [3.05, 3.63) is 40.1 Å². The molecule has 0 bridgehead atoms. The van der Waals surface area contributed by atoms with Crippen LogP contribution in [0.25, 0.3) is 0 Å². The molecule has 1 unspecified atom stereocenters. The zero-order valence-corrected chi connectivity index (χ0v) is 12.4. The molecule has 2 rings (SSSR count). The molecule has 108 valence electrons. The molecule has 2 N–H and O–H groups in total. The Morgan fingerprint density at radius 2 is 2.30 bits per heavy atom. The smallest absolute Gasteiger partial charge is 0.313 e. The third kappa shape index (κ3) is 2.94. The van der Waals surface area contributed by atoms with Crippen molar-refractivity contribution in [1.82, 2.24) is 20.1 Å². The molecule has 0 saturated carbocycles. The standard InChI is InChI=1S/C13H17FN4OS/c1-4-18-12(19)16-17-13(18)20-11-6-5-9(7-10(11)14)8(2)15-3/h5-8,15H,4H2,1-3H3,(H,16,19). The molecule has 20 heavy (non-hydrogen) atoms. The Balaban J connectivity index is 2.28. The van der Waals surface area contributed by atoms with Crippen molar-refractivity contribution in [2.24, 2.45) is 0 Å². The minimum absolute atomic E-state index is 0.0859. The Bertz CT molecular complexity index is 652. The molecule has 0 fully saturated rings. The van der Waals surface area contributed by atoms with Crippen molar-refractivity contribution in [2.45, 2.75) is 36.5 Å². The predicted molar refractivity (Wildman–Crippen MR) is 76.5 cm³/mol. The van der Waals surface area contributed by atoms with Crippen molar-refractivity contribution in [2.75, 3.05) is 7.05 Å². The maximum absolute atomic E-state index is 14.1. The van der Waals surface area contributed by atoms with Crippen LogP contribution in [0.15, 0.2) is 33.0 Å². The summed E-state index contributed by atoms with van der Waals surface area (Å²) in [5.41, 5.74) is 0.597. The zero-order chi connectivity index (χ0) is 14.7. The number of rotatable bonds is 5. The van der Waals surface area contributed by atoms with E-state index < -0.39 is 0 Å². The van der Waals surface area contributed by atoms with E-state index in [9.17, 15) is 9.18 Å². The number of hydrogen-bond acceptors (Lipinski definition) is 4. The Morgan fingerprint density at radius 1 is 1.55 bits per heavy atom. The van der Waals surface area contributed by atoms with Gasteiger partial charge >= 0.3 is 5.69 Å². The molecule has 0 spiro atoms. The first-order valence-electron chi connectivity index (χ1n) is 6.36. The second kappa shape index (κ2) is 6.23. The molecular formula is C13H17FN4OS. The summed E-state index contributed by atoms with van der Waals surface area (Å²) in [6.07, 6.45) is 0. The Kier molecular flexibility index (Phi) is 4.61. The maximum atomic E-state index is 14.1. The number of aromatic amines is 1. The molecule has 5 nitrogen and oxygen atoms in total. The van der Waals surface area contributed by atoms with E-state index in [1.165, 1.54) is 10.6 Å². The fraction of sp³-hybridized carbons (Fsp3) is 0.385. The SMILES string of the molecule is CCn1c(Sc2ccc(C(C)NC)cc2F)n[nH]c1=O. The number of aromatic nitrogens is 3. The number of nitrogens with one attached hydrogen (secondary N) is 2. The van der Waals surface area contributed by atoms with Crippen LogP contribution in [0.4, 0.5) is 4.39 Å². The molecule has 0 aliphatic carbocycles. The van der Waals surface area contributed by atoms with Gasteiger partial charge in [-0.3, -0.25) is 4.57 Å². The summed E-state index contributed by atoms with van der Waals surface area (Å²) in [4.78, 5) is 11.9. The van der Waals surface area contributed by atoms with Gasteiger partial charge in [0.1, 0.15) is 5.82 Å². The quantitative estimate of drug-likeness (QED) is 0.887. The second-order valence-electron chi connectivity index (χ2n) is 4.36. The molecule has 0 saturated heterocycles. The predicted octanol–water partition coefficient (Wildman–Crippen LogP) is 2.16. The van der Waals surface area contributed by atoms with Gasteiger partial charge in [-0.15, -0.1) is 5.10 Å². The van der Waals surface area contributed by atoms with E-state index >= 15 is 0 Å². The Morgan fingerprint density at radius 3 is 2.90 bits per heavy atom. The van der Waals surface area contributed by atoms with Crippen LogP contribution in [0.2, 0.25) is 0 Å².